The third-order valence-corrected chi connectivity index (χ3v) is 5.36. The van der Waals surface area contributed by atoms with Crippen molar-refractivity contribution >= 4 is 10.0 Å². The zero-order valence-electron chi connectivity index (χ0n) is 12.2. The molecule has 1 aromatic carbocycles. The Hall–Kier alpha value is -1.05. The van der Waals surface area contributed by atoms with Crippen LogP contribution < -0.4 is 4.72 Å². The lowest BCUT2D eigenvalue weighted by molar-refractivity contribution is 0.268. The Balaban J connectivity index is 2.14. The summed E-state index contributed by atoms with van der Waals surface area (Å²) in [7, 11) is -3.97. The molecule has 0 spiro atoms. The van der Waals surface area contributed by atoms with Gasteiger partial charge in [-0.25, -0.2) is 21.9 Å². The lowest BCUT2D eigenvalue weighted by Crippen LogP contribution is -2.40. The minimum atomic E-state index is -3.97. The summed E-state index contributed by atoms with van der Waals surface area (Å²) in [5, 5.41) is 0. The van der Waals surface area contributed by atoms with E-state index < -0.39 is 26.6 Å². The number of benzene rings is 1. The van der Waals surface area contributed by atoms with Gasteiger partial charge in [0.2, 0.25) is 10.0 Å². The Labute approximate surface area is 124 Å². The molecule has 0 aliphatic carbocycles. The number of likely N-dealkylation sites (tertiary alicyclic amines) is 1. The first kappa shape index (κ1) is 16.3. The Kier molecular flexibility index (Phi) is 4.95. The summed E-state index contributed by atoms with van der Waals surface area (Å²) in [6, 6.07) is 1.77. The molecular formula is C14H20F2N2O2S. The molecule has 1 aliphatic heterocycles. The second kappa shape index (κ2) is 6.37. The van der Waals surface area contributed by atoms with Crippen LogP contribution in [0.3, 0.4) is 0 Å². The Morgan fingerprint density at radius 1 is 1.33 bits per heavy atom. The Bertz CT molecular complexity index is 620. The molecule has 1 aliphatic rings. The highest BCUT2D eigenvalue weighted by atomic mass is 32.2. The molecule has 0 unspecified atom stereocenters. The van der Waals surface area contributed by atoms with E-state index >= 15 is 0 Å². The van der Waals surface area contributed by atoms with Gasteiger partial charge in [-0.2, -0.15) is 0 Å². The molecule has 0 aromatic heterocycles. The number of likely N-dealkylation sites (N-methyl/N-ethyl adjacent to an activating group) is 1. The van der Waals surface area contributed by atoms with Crippen molar-refractivity contribution in [3.63, 3.8) is 0 Å². The molecule has 7 heteroatoms. The second-order valence-corrected chi connectivity index (χ2v) is 7.04. The fourth-order valence-corrected chi connectivity index (χ4v) is 3.88. The third-order valence-electron chi connectivity index (χ3n) is 3.92. The molecule has 0 amide bonds. The minimum absolute atomic E-state index is 0.104. The molecule has 1 atom stereocenters. The number of aryl methyl sites for hydroxylation is 1. The van der Waals surface area contributed by atoms with Crippen LogP contribution in [0.25, 0.3) is 0 Å². The molecule has 0 radical (unpaired) electrons. The highest BCUT2D eigenvalue weighted by Crippen LogP contribution is 2.20. The second-order valence-electron chi connectivity index (χ2n) is 5.31. The van der Waals surface area contributed by atoms with Gasteiger partial charge in [-0.15, -0.1) is 0 Å². The molecule has 4 nitrogen and oxygen atoms in total. The molecule has 2 rings (SSSR count). The van der Waals surface area contributed by atoms with Crippen molar-refractivity contribution in [2.75, 3.05) is 19.6 Å². The Morgan fingerprint density at radius 2 is 2.05 bits per heavy atom. The number of hydrogen-bond acceptors (Lipinski definition) is 3. The van der Waals surface area contributed by atoms with Gasteiger partial charge in [0.1, 0.15) is 16.5 Å². The van der Waals surface area contributed by atoms with Crippen LogP contribution in [0.5, 0.6) is 0 Å². The van der Waals surface area contributed by atoms with E-state index in [9.17, 15) is 17.2 Å². The van der Waals surface area contributed by atoms with E-state index in [1.165, 1.54) is 6.92 Å². The van der Waals surface area contributed by atoms with E-state index in [2.05, 4.69) is 9.62 Å². The number of hydrogen-bond donors (Lipinski definition) is 1. The lowest BCUT2D eigenvalue weighted by Gasteiger charge is -2.22. The van der Waals surface area contributed by atoms with Gasteiger partial charge in [0.25, 0.3) is 0 Å². The minimum Gasteiger partial charge on any atom is -0.299 e. The summed E-state index contributed by atoms with van der Waals surface area (Å²) in [6.45, 7) is 5.48. The molecule has 0 bridgehead atoms. The van der Waals surface area contributed by atoms with Gasteiger partial charge in [-0.1, -0.05) is 6.92 Å². The first-order chi connectivity index (χ1) is 9.85. The van der Waals surface area contributed by atoms with Gasteiger partial charge in [0.05, 0.1) is 0 Å². The van der Waals surface area contributed by atoms with Gasteiger partial charge in [-0.3, -0.25) is 4.90 Å². The van der Waals surface area contributed by atoms with Crippen molar-refractivity contribution in [1.29, 1.82) is 0 Å². The average Bonchev–Trinajstić information content (AvgIpc) is 2.88. The van der Waals surface area contributed by atoms with Gasteiger partial charge in [-0.05, 0) is 44.5 Å². The molecule has 1 N–H and O–H groups in total. The number of halogens is 2. The first-order valence-electron chi connectivity index (χ1n) is 7.04. The van der Waals surface area contributed by atoms with Crippen molar-refractivity contribution in [3.05, 3.63) is 29.3 Å². The molecule has 118 valence electrons. The quantitative estimate of drug-likeness (QED) is 0.904. The number of rotatable bonds is 5. The predicted molar refractivity (Wildman–Crippen MR) is 76.6 cm³/mol. The van der Waals surface area contributed by atoms with Crippen LogP contribution >= 0.6 is 0 Å². The summed E-state index contributed by atoms with van der Waals surface area (Å²) in [6.07, 6.45) is 1.95. The van der Waals surface area contributed by atoms with E-state index in [0.717, 1.165) is 32.0 Å². The average molecular weight is 318 g/mol. The number of nitrogens with one attached hydrogen (secondary N) is 1. The zero-order valence-corrected chi connectivity index (χ0v) is 13.0. The summed E-state index contributed by atoms with van der Waals surface area (Å²) in [5.41, 5.74) is 0.104. The first-order valence-corrected chi connectivity index (χ1v) is 8.53. The molecular weight excluding hydrogens is 298 g/mol. The standard InChI is InChI=1S/C14H20F2N2O2S/c1-3-18-6-4-5-11(18)9-17-21(19,20)14-7-10(2)12(15)8-13(14)16/h7-8,11,17H,3-6,9H2,1-2H3/t11-/m0/s1. The van der Waals surface area contributed by atoms with Crippen LogP contribution in [-0.4, -0.2) is 39.0 Å². The van der Waals surface area contributed by atoms with Gasteiger partial charge in [0, 0.05) is 18.7 Å². The normalized spacial score (nSPS) is 20.1. The smallest absolute Gasteiger partial charge is 0.243 e. The van der Waals surface area contributed by atoms with Crippen LogP contribution in [0.2, 0.25) is 0 Å². The maximum Gasteiger partial charge on any atom is 0.243 e. The fraction of sp³-hybridized carbons (Fsp3) is 0.571. The topological polar surface area (TPSA) is 49.4 Å². The van der Waals surface area contributed by atoms with Crippen LogP contribution in [-0.2, 0) is 10.0 Å². The molecule has 1 fully saturated rings. The third kappa shape index (κ3) is 3.59. The largest absolute Gasteiger partial charge is 0.299 e. The molecule has 21 heavy (non-hydrogen) atoms. The van der Waals surface area contributed by atoms with Gasteiger partial charge < -0.3 is 0 Å². The summed E-state index contributed by atoms with van der Waals surface area (Å²) < 4.78 is 53.7. The van der Waals surface area contributed by atoms with Crippen molar-refractivity contribution in [1.82, 2.24) is 9.62 Å². The lowest BCUT2D eigenvalue weighted by atomic mass is 10.2. The number of sulfonamides is 1. The molecule has 1 aromatic rings. The zero-order chi connectivity index (χ0) is 15.6. The van der Waals surface area contributed by atoms with Crippen LogP contribution in [0.1, 0.15) is 25.3 Å². The summed E-state index contributed by atoms with van der Waals surface area (Å²) >= 11 is 0. The fourth-order valence-electron chi connectivity index (χ4n) is 2.66. The van der Waals surface area contributed by atoms with Crippen LogP contribution in [0, 0.1) is 18.6 Å². The van der Waals surface area contributed by atoms with E-state index in [4.69, 9.17) is 0 Å². The number of nitrogens with zero attached hydrogens (tertiary/aromatic N) is 1. The van der Waals surface area contributed by atoms with Crippen molar-refractivity contribution in [2.24, 2.45) is 0 Å². The maximum absolute atomic E-state index is 13.7. The maximum atomic E-state index is 13.7. The Morgan fingerprint density at radius 3 is 2.71 bits per heavy atom. The van der Waals surface area contributed by atoms with Crippen molar-refractivity contribution in [2.45, 2.75) is 37.6 Å². The van der Waals surface area contributed by atoms with Crippen molar-refractivity contribution < 1.29 is 17.2 Å². The van der Waals surface area contributed by atoms with Crippen LogP contribution in [0.4, 0.5) is 8.78 Å². The molecule has 0 saturated carbocycles. The molecule has 1 heterocycles. The van der Waals surface area contributed by atoms with Crippen LogP contribution in [0.15, 0.2) is 17.0 Å². The van der Waals surface area contributed by atoms with Gasteiger partial charge in [0.15, 0.2) is 0 Å². The van der Waals surface area contributed by atoms with Gasteiger partial charge >= 0.3 is 0 Å². The monoisotopic (exact) mass is 318 g/mol. The van der Waals surface area contributed by atoms with E-state index in [0.29, 0.717) is 6.07 Å². The van der Waals surface area contributed by atoms with E-state index in [-0.39, 0.29) is 18.2 Å². The highest BCUT2D eigenvalue weighted by Gasteiger charge is 2.26. The van der Waals surface area contributed by atoms with E-state index in [1.807, 2.05) is 6.92 Å². The van der Waals surface area contributed by atoms with E-state index in [1.54, 1.807) is 0 Å². The predicted octanol–water partition coefficient (Wildman–Crippen LogP) is 2.04. The SMILES string of the molecule is CCN1CCC[C@H]1CNS(=O)(=O)c1cc(C)c(F)cc1F. The highest BCUT2D eigenvalue weighted by molar-refractivity contribution is 7.89. The summed E-state index contributed by atoms with van der Waals surface area (Å²) in [5.74, 6) is -1.82. The summed E-state index contributed by atoms with van der Waals surface area (Å²) in [4.78, 5) is 1.69. The molecule has 1 saturated heterocycles. The van der Waals surface area contributed by atoms with Crippen molar-refractivity contribution in [3.8, 4) is 0 Å².